The summed E-state index contributed by atoms with van der Waals surface area (Å²) in [5, 5.41) is 14.9. The SMILES string of the molecule is CC(C)(C)[Si](C)(C)N1CCc2cc(Br)cnc21.Cc1ccc(C(=O)c2cnc3[nH]ccc3c2)cc1.Cc1ccc(C(O)c2cnc3c(c2)CCN3)cc1.Cc1ccc(C=O)cc1.[O]=[Mn]=[O]. The van der Waals surface area contributed by atoms with Gasteiger partial charge in [-0.05, 0) is 95.5 Å². The number of aryl methyl sites for hydroxylation is 3. The van der Waals surface area contributed by atoms with Crippen LogP contribution in [0.4, 0.5) is 11.6 Å². The van der Waals surface area contributed by atoms with Crippen molar-refractivity contribution in [1.82, 2.24) is 19.9 Å². The Hall–Kier alpha value is -5.63. The fraction of sp³-hybridized carbons (Fsp3) is 0.275. The van der Waals surface area contributed by atoms with Gasteiger partial charge in [0.1, 0.15) is 29.7 Å². The molecular weight excluding hydrogens is 940 g/mol. The third kappa shape index (κ3) is 13.5. The number of halogens is 1. The normalized spacial score (nSPS) is 12.8. The zero-order valence-electron chi connectivity index (χ0n) is 38.2. The molecule has 3 N–H and O–H groups in total. The molecule has 0 radical (unpaired) electrons. The van der Waals surface area contributed by atoms with Crippen LogP contribution in [0.25, 0.3) is 11.0 Å². The number of aromatic amines is 1. The Morgan fingerprint density at radius 2 is 1.40 bits per heavy atom. The van der Waals surface area contributed by atoms with Crippen LogP contribution in [0.1, 0.15) is 92.1 Å². The predicted octanol–water partition coefficient (Wildman–Crippen LogP) is 11.3. The number of nitrogens with zero attached hydrogens (tertiary/aromatic N) is 4. The van der Waals surface area contributed by atoms with E-state index in [0.29, 0.717) is 16.2 Å². The van der Waals surface area contributed by atoms with E-state index in [2.05, 4.69) is 85.7 Å². The molecule has 0 saturated heterocycles. The number of ketones is 1. The molecule has 11 nitrogen and oxygen atoms in total. The van der Waals surface area contributed by atoms with Gasteiger partial charge < -0.3 is 20.0 Å². The molecule has 0 amide bonds. The number of aliphatic hydroxyl groups excluding tert-OH is 1. The molecule has 4 aromatic heterocycles. The Labute approximate surface area is 397 Å². The number of nitrogens with one attached hydrogen (secondary N) is 2. The van der Waals surface area contributed by atoms with Crippen LogP contribution in [0.5, 0.6) is 0 Å². The van der Waals surface area contributed by atoms with Gasteiger partial charge >= 0.3 is 22.5 Å². The number of pyridine rings is 3. The fourth-order valence-electron chi connectivity index (χ4n) is 7.05. The minimum atomic E-state index is -1.48. The number of fused-ring (bicyclic) bond motifs is 3. The summed E-state index contributed by atoms with van der Waals surface area (Å²) >= 11 is 2.07. The molecule has 339 valence electrons. The Balaban J connectivity index is 0.000000163. The zero-order valence-corrected chi connectivity index (χ0v) is 41.9. The van der Waals surface area contributed by atoms with E-state index in [9.17, 15) is 14.7 Å². The number of aldehydes is 1. The molecule has 1 unspecified atom stereocenters. The third-order valence-corrected chi connectivity index (χ3v) is 17.7. The summed E-state index contributed by atoms with van der Waals surface area (Å²) in [5.41, 5.74) is 10.7. The van der Waals surface area contributed by atoms with Crippen LogP contribution >= 0.6 is 15.9 Å². The van der Waals surface area contributed by atoms with Gasteiger partial charge in [-0.25, -0.2) is 15.0 Å². The van der Waals surface area contributed by atoms with Gasteiger partial charge in [-0.2, -0.15) is 0 Å². The first-order valence-electron chi connectivity index (χ1n) is 21.3. The van der Waals surface area contributed by atoms with Crippen molar-refractivity contribution in [2.75, 3.05) is 23.0 Å². The van der Waals surface area contributed by atoms with E-state index in [1.807, 2.05) is 124 Å². The average molecular weight is 997 g/mol. The van der Waals surface area contributed by atoms with E-state index in [0.717, 1.165) is 75.8 Å². The van der Waals surface area contributed by atoms with Crippen LogP contribution in [0, 0.1) is 20.8 Å². The van der Waals surface area contributed by atoms with Gasteiger partial charge in [0.15, 0.2) is 14.0 Å². The van der Waals surface area contributed by atoms with Crippen LogP contribution in [0.3, 0.4) is 0 Å². The van der Waals surface area contributed by atoms with Gasteiger partial charge in [-0.1, -0.05) is 123 Å². The first kappa shape index (κ1) is 50.4. The summed E-state index contributed by atoms with van der Waals surface area (Å²) in [7, 11) is -1.48. The van der Waals surface area contributed by atoms with E-state index >= 15 is 0 Å². The summed E-state index contributed by atoms with van der Waals surface area (Å²) in [4.78, 5) is 38.6. The van der Waals surface area contributed by atoms with E-state index in [1.165, 1.54) is 28.1 Å². The molecule has 14 heteroatoms. The number of benzene rings is 3. The van der Waals surface area contributed by atoms with Crippen molar-refractivity contribution in [2.24, 2.45) is 0 Å². The Kier molecular flexibility index (Phi) is 17.8. The number of hydrogen-bond donors (Lipinski definition) is 3. The fourth-order valence-corrected chi connectivity index (χ4v) is 9.64. The van der Waals surface area contributed by atoms with Crippen molar-refractivity contribution >= 4 is 58.9 Å². The van der Waals surface area contributed by atoms with Crippen LogP contribution in [-0.4, -0.2) is 58.4 Å². The molecule has 65 heavy (non-hydrogen) atoms. The second kappa shape index (κ2) is 23.0. The summed E-state index contributed by atoms with van der Waals surface area (Å²) in [5.74, 6) is 2.18. The van der Waals surface area contributed by atoms with E-state index < -0.39 is 29.2 Å². The van der Waals surface area contributed by atoms with E-state index in [1.54, 1.807) is 12.4 Å². The van der Waals surface area contributed by atoms with E-state index in [4.69, 9.17) is 7.67 Å². The van der Waals surface area contributed by atoms with Gasteiger partial charge in [-0.15, -0.1) is 0 Å². The maximum absolute atomic E-state index is 12.3. The first-order valence-corrected chi connectivity index (χ1v) is 26.0. The number of carbonyl (C=O) groups excluding carboxylic acids is 2. The number of carbonyl (C=O) groups is 2. The van der Waals surface area contributed by atoms with Crippen LogP contribution in [-0.2, 0) is 35.3 Å². The predicted molar refractivity (Wildman–Crippen MR) is 261 cm³/mol. The number of rotatable bonds is 6. The van der Waals surface area contributed by atoms with Crippen molar-refractivity contribution in [3.05, 3.63) is 182 Å². The summed E-state index contributed by atoms with van der Waals surface area (Å²) in [6.45, 7) is 20.1. The molecule has 0 aliphatic carbocycles. The van der Waals surface area contributed by atoms with Crippen molar-refractivity contribution in [1.29, 1.82) is 0 Å². The van der Waals surface area contributed by atoms with Crippen LogP contribution in [0.15, 0.2) is 126 Å². The molecule has 2 aliphatic rings. The van der Waals surface area contributed by atoms with Crippen molar-refractivity contribution in [3.8, 4) is 0 Å². The van der Waals surface area contributed by atoms with Gasteiger partial charge in [0.25, 0.3) is 0 Å². The van der Waals surface area contributed by atoms with Gasteiger partial charge in [0.05, 0.1) is 0 Å². The molecule has 7 aromatic rings. The zero-order chi connectivity index (χ0) is 47.3. The minimum absolute atomic E-state index is 0.00519. The molecule has 0 saturated carbocycles. The number of aliphatic hydroxyl groups is 1. The van der Waals surface area contributed by atoms with Gasteiger partial charge in [-0.3, -0.25) is 9.59 Å². The second-order valence-electron chi connectivity index (χ2n) is 17.5. The molecule has 2 aliphatic heterocycles. The first-order chi connectivity index (χ1) is 30.9. The van der Waals surface area contributed by atoms with Gasteiger partial charge in [0.2, 0.25) is 0 Å². The molecule has 1 atom stereocenters. The third-order valence-electron chi connectivity index (χ3n) is 11.9. The van der Waals surface area contributed by atoms with Crippen molar-refractivity contribution in [2.45, 2.75) is 78.6 Å². The monoisotopic (exact) mass is 995 g/mol. The van der Waals surface area contributed by atoms with Crippen molar-refractivity contribution < 1.29 is 37.2 Å². The number of hydrogen-bond acceptors (Lipinski definition) is 10. The standard InChI is InChI=1S/C15H16N2O.C15H12N2O.C13H21BrN2Si.C8H8O.Mn.2O/c2*1-10-2-4-11(5-3-10)14(18)13-8-12-6-7-16-15(12)17-9-13;1-13(2,3)17(4,5)16-7-6-10-8-11(14)9-15-12(10)16;1-7-2-4-8(6-9)5-3-7;;;/h2-5,8-9,14,18H,6-7H2,1H3,(H,16,17);2-9H,1H3,(H,16,17);8-9H,6-7H2,1-5H3;2-6H,1H3;;;. The second-order valence-corrected chi connectivity index (χ2v) is 23.8. The molecule has 0 bridgehead atoms. The molecular formula is C51H57BrMnN6O5Si. The number of aromatic nitrogens is 4. The van der Waals surface area contributed by atoms with E-state index in [-0.39, 0.29) is 5.78 Å². The molecule has 0 fully saturated rings. The quantitative estimate of drug-likeness (QED) is 0.0832. The Morgan fingerprint density at radius 1 is 0.785 bits per heavy atom. The summed E-state index contributed by atoms with van der Waals surface area (Å²) in [6.07, 6.45) is 9.47. The van der Waals surface area contributed by atoms with Crippen LogP contribution < -0.4 is 9.88 Å². The molecule has 9 rings (SSSR count). The molecule has 6 heterocycles. The Bertz CT molecular complexity index is 2730. The summed E-state index contributed by atoms with van der Waals surface area (Å²) < 4.78 is 20.5. The number of anilines is 2. The average Bonchev–Trinajstić information content (AvgIpc) is 4.07. The maximum atomic E-state index is 12.3. The van der Waals surface area contributed by atoms with Crippen molar-refractivity contribution in [3.63, 3.8) is 0 Å². The summed E-state index contributed by atoms with van der Waals surface area (Å²) in [6, 6.07) is 31.0. The molecule has 3 aromatic carbocycles. The molecule has 0 spiro atoms. The van der Waals surface area contributed by atoms with Gasteiger partial charge in [0, 0.05) is 70.0 Å². The number of H-pyrrole nitrogens is 1. The van der Waals surface area contributed by atoms with Crippen LogP contribution in [0.2, 0.25) is 18.1 Å². The topological polar surface area (TPSA) is 158 Å². The Morgan fingerprint density at radius 3 is 2.02 bits per heavy atom.